The maximum absolute atomic E-state index is 14.5. The first-order chi connectivity index (χ1) is 22.6. The van der Waals surface area contributed by atoms with Crippen LogP contribution in [0.2, 0.25) is 4.34 Å². The van der Waals surface area contributed by atoms with Gasteiger partial charge < -0.3 is 19.5 Å². The standard InChI is InChI=1S/C34H39BrClN5O4S2/c1-4-6-14-39(15-7-5-2)33(44)29-16-22(3)41(37-29)30-13-12-25(38-47(45)34-28(35)19-31(36)46-34)18-27(30)32(43)40-20-24-11-9-8-10-23(24)17-26(40)21-42/h8-13,16,18-19,26,38,42H,4-7,14-15,17,20-21H2,1-3H3/t26-,47?/m0/s1. The van der Waals surface area contributed by atoms with E-state index in [-0.39, 0.29) is 18.4 Å². The SMILES string of the molecule is CCCCN(CCCC)C(=O)c1cc(C)n(-c2ccc(N[S+]([O-])c3sc(Cl)cc3Br)cc2C(=O)N2Cc3ccccc3C[C@H]2CO)n1. The zero-order valence-electron chi connectivity index (χ0n) is 26.7. The van der Waals surface area contributed by atoms with Crippen LogP contribution in [0.5, 0.6) is 0 Å². The van der Waals surface area contributed by atoms with Crippen LogP contribution in [0.15, 0.2) is 63.3 Å². The molecular weight excluding hydrogens is 722 g/mol. The van der Waals surface area contributed by atoms with Crippen LogP contribution >= 0.6 is 38.9 Å². The van der Waals surface area contributed by atoms with Crippen LogP contribution < -0.4 is 4.72 Å². The summed E-state index contributed by atoms with van der Waals surface area (Å²) in [5, 5.41) is 15.1. The third-order valence-electron chi connectivity index (χ3n) is 8.24. The number of fused-ring (bicyclic) bond motifs is 1. The fourth-order valence-corrected chi connectivity index (χ4v) is 9.25. The molecule has 2 N–H and O–H groups in total. The normalized spacial score (nSPS) is 15.0. The van der Waals surface area contributed by atoms with Gasteiger partial charge >= 0.3 is 0 Å². The Balaban J connectivity index is 1.54. The van der Waals surface area contributed by atoms with E-state index in [1.165, 1.54) is 11.3 Å². The van der Waals surface area contributed by atoms with Crippen molar-refractivity contribution in [2.45, 2.75) is 69.7 Å². The van der Waals surface area contributed by atoms with E-state index >= 15 is 0 Å². The van der Waals surface area contributed by atoms with Crippen LogP contribution in [-0.2, 0) is 24.3 Å². The van der Waals surface area contributed by atoms with E-state index in [0.29, 0.717) is 67.4 Å². The smallest absolute Gasteiger partial charge is 0.274 e. The number of aryl methyl sites for hydroxylation is 1. The Hall–Kier alpha value is -2.87. The van der Waals surface area contributed by atoms with E-state index in [0.717, 1.165) is 36.8 Å². The molecule has 250 valence electrons. The monoisotopic (exact) mass is 759 g/mol. The van der Waals surface area contributed by atoms with Gasteiger partial charge in [-0.05, 0) is 83.6 Å². The van der Waals surface area contributed by atoms with Gasteiger partial charge in [0, 0.05) is 25.3 Å². The minimum atomic E-state index is -1.66. The van der Waals surface area contributed by atoms with Crippen molar-refractivity contribution in [3.63, 3.8) is 0 Å². The molecule has 4 aromatic rings. The van der Waals surface area contributed by atoms with Gasteiger partial charge in [-0.2, -0.15) is 5.10 Å². The average molecular weight is 761 g/mol. The molecule has 2 atom stereocenters. The topological polar surface area (TPSA) is 114 Å². The van der Waals surface area contributed by atoms with Crippen molar-refractivity contribution in [3.05, 3.63) is 91.5 Å². The maximum atomic E-state index is 14.5. The van der Waals surface area contributed by atoms with Gasteiger partial charge in [0.15, 0.2) is 5.69 Å². The number of carbonyl (C=O) groups excluding carboxylic acids is 2. The van der Waals surface area contributed by atoms with Gasteiger partial charge in [-0.3, -0.25) is 9.59 Å². The highest BCUT2D eigenvalue weighted by atomic mass is 79.9. The molecule has 0 radical (unpaired) electrons. The number of anilines is 1. The largest absolute Gasteiger partial charge is 0.587 e. The molecule has 0 aliphatic carbocycles. The number of aliphatic hydroxyl groups is 1. The van der Waals surface area contributed by atoms with Gasteiger partial charge in [0.25, 0.3) is 11.8 Å². The Morgan fingerprint density at radius 1 is 1.13 bits per heavy atom. The Morgan fingerprint density at radius 3 is 2.47 bits per heavy atom. The molecule has 0 saturated carbocycles. The third kappa shape index (κ3) is 8.06. The highest BCUT2D eigenvalue weighted by Gasteiger charge is 2.32. The van der Waals surface area contributed by atoms with Crippen molar-refractivity contribution in [2.75, 3.05) is 24.4 Å². The van der Waals surface area contributed by atoms with E-state index in [4.69, 9.17) is 16.7 Å². The van der Waals surface area contributed by atoms with Gasteiger partial charge in [0.2, 0.25) is 4.21 Å². The lowest BCUT2D eigenvalue weighted by atomic mass is 9.93. The molecule has 13 heteroatoms. The maximum Gasteiger partial charge on any atom is 0.274 e. The van der Waals surface area contributed by atoms with Crippen molar-refractivity contribution in [1.82, 2.24) is 19.6 Å². The molecule has 47 heavy (non-hydrogen) atoms. The lowest BCUT2D eigenvalue weighted by Crippen LogP contribution is -2.46. The molecule has 0 fully saturated rings. The Morgan fingerprint density at radius 2 is 1.83 bits per heavy atom. The number of hydrogen-bond donors (Lipinski definition) is 2. The molecule has 1 aliphatic rings. The van der Waals surface area contributed by atoms with Crippen LogP contribution in [0.1, 0.15) is 77.2 Å². The number of rotatable bonds is 13. The number of aromatic nitrogens is 2. The molecule has 0 spiro atoms. The van der Waals surface area contributed by atoms with Gasteiger partial charge in [-0.25, -0.2) is 9.40 Å². The van der Waals surface area contributed by atoms with E-state index in [1.807, 2.05) is 36.1 Å². The van der Waals surface area contributed by atoms with E-state index in [2.05, 4.69) is 34.5 Å². The second-order valence-corrected chi connectivity index (χ2v) is 15.6. The lowest BCUT2D eigenvalue weighted by molar-refractivity contribution is 0.0544. The van der Waals surface area contributed by atoms with Gasteiger partial charge in [0.05, 0.1) is 38.4 Å². The van der Waals surface area contributed by atoms with Crippen molar-refractivity contribution in [3.8, 4) is 5.69 Å². The number of unbranched alkanes of at least 4 members (excludes halogenated alkanes) is 2. The molecule has 2 aromatic heterocycles. The molecule has 0 saturated heterocycles. The second-order valence-electron chi connectivity index (χ2n) is 11.6. The zero-order valence-corrected chi connectivity index (χ0v) is 30.6. The number of nitrogens with one attached hydrogen (secondary N) is 1. The summed E-state index contributed by atoms with van der Waals surface area (Å²) in [5.74, 6) is -0.442. The predicted octanol–water partition coefficient (Wildman–Crippen LogP) is 7.39. The predicted molar refractivity (Wildman–Crippen MR) is 192 cm³/mol. The molecule has 5 rings (SSSR count). The highest BCUT2D eigenvalue weighted by Crippen LogP contribution is 2.36. The summed E-state index contributed by atoms with van der Waals surface area (Å²) in [6.07, 6.45) is 4.29. The number of amides is 2. The third-order valence-corrected chi connectivity index (χ3v) is 12.1. The summed E-state index contributed by atoms with van der Waals surface area (Å²) in [6, 6.07) is 16.1. The number of carbonyl (C=O) groups is 2. The summed E-state index contributed by atoms with van der Waals surface area (Å²) in [6.45, 7) is 7.51. The van der Waals surface area contributed by atoms with Gasteiger partial charge in [0.1, 0.15) is 11.4 Å². The minimum Gasteiger partial charge on any atom is -0.587 e. The van der Waals surface area contributed by atoms with Gasteiger partial charge in [-0.1, -0.05) is 73.9 Å². The second kappa shape index (κ2) is 16.0. The van der Waals surface area contributed by atoms with Crippen molar-refractivity contribution in [1.29, 1.82) is 0 Å². The molecule has 3 heterocycles. The van der Waals surface area contributed by atoms with Crippen LogP contribution in [0.3, 0.4) is 0 Å². The average Bonchev–Trinajstić information content (AvgIpc) is 3.63. The molecule has 0 bridgehead atoms. The first-order valence-corrected chi connectivity index (χ1v) is 18.9. The van der Waals surface area contributed by atoms with Gasteiger partial charge in [-0.15, -0.1) is 0 Å². The summed E-state index contributed by atoms with van der Waals surface area (Å²) in [5.41, 5.74) is 4.36. The van der Waals surface area contributed by atoms with E-state index in [9.17, 15) is 19.2 Å². The minimum absolute atomic E-state index is 0.136. The number of benzene rings is 2. The molecule has 9 nitrogen and oxygen atoms in total. The number of aliphatic hydroxyl groups excluding tert-OH is 1. The van der Waals surface area contributed by atoms with Crippen LogP contribution in [0.4, 0.5) is 5.69 Å². The highest BCUT2D eigenvalue weighted by molar-refractivity contribution is 9.10. The summed E-state index contributed by atoms with van der Waals surface area (Å²) >= 11 is 9.10. The molecule has 1 unspecified atom stereocenters. The lowest BCUT2D eigenvalue weighted by Gasteiger charge is -2.36. The van der Waals surface area contributed by atoms with Crippen molar-refractivity contribution in [2.24, 2.45) is 0 Å². The van der Waals surface area contributed by atoms with Crippen molar-refractivity contribution >= 4 is 67.7 Å². The first kappa shape index (κ1) is 35.4. The summed E-state index contributed by atoms with van der Waals surface area (Å²) in [7, 11) is 0. The van der Waals surface area contributed by atoms with Crippen LogP contribution in [-0.4, -0.2) is 66.8 Å². The Kier molecular flexibility index (Phi) is 12.1. The van der Waals surface area contributed by atoms with Crippen molar-refractivity contribution < 1.29 is 19.2 Å². The van der Waals surface area contributed by atoms with E-state index in [1.54, 1.807) is 39.9 Å². The Labute approximate surface area is 296 Å². The number of hydrogen-bond acceptors (Lipinski definition) is 7. The van der Waals surface area contributed by atoms with E-state index < -0.39 is 17.4 Å². The molecular formula is C34H39BrClN5O4S2. The molecule has 2 aromatic carbocycles. The quantitative estimate of drug-likeness (QED) is 0.138. The fourth-order valence-electron chi connectivity index (χ4n) is 5.70. The fraction of sp³-hybridized carbons (Fsp3) is 0.382. The molecule has 2 amide bonds. The van der Waals surface area contributed by atoms with Crippen LogP contribution in [0.25, 0.3) is 5.69 Å². The number of thiophene rings is 1. The first-order valence-electron chi connectivity index (χ1n) is 15.8. The summed E-state index contributed by atoms with van der Waals surface area (Å²) in [4.78, 5) is 31.7. The summed E-state index contributed by atoms with van der Waals surface area (Å²) < 4.78 is 19.6. The van der Waals surface area contributed by atoms with Crippen LogP contribution in [0, 0.1) is 6.92 Å². The number of halogens is 2. The number of nitrogens with zero attached hydrogens (tertiary/aromatic N) is 4. The zero-order chi connectivity index (χ0) is 33.7. The Bertz CT molecular complexity index is 1720. The molecule has 1 aliphatic heterocycles.